The molecule has 10 heteroatoms. The van der Waals surface area contributed by atoms with Crippen LogP contribution in [0.2, 0.25) is 5.82 Å². The third kappa shape index (κ3) is 3.69. The average molecular weight is 354 g/mol. The Kier molecular flexibility index (Phi) is 5.09. The van der Waals surface area contributed by atoms with Gasteiger partial charge in [-0.15, -0.1) is 0 Å². The molecule has 2 atom stereocenters. The molecule has 1 heterocycles. The van der Waals surface area contributed by atoms with E-state index < -0.39 is 37.4 Å². The molecule has 1 saturated carbocycles. The largest absolute Gasteiger partial charge is 0.535 e. The molecule has 0 spiro atoms. The lowest BCUT2D eigenvalue weighted by molar-refractivity contribution is -0.0317. The Morgan fingerprint density at radius 2 is 2.12 bits per heavy atom. The maximum Gasteiger partial charge on any atom is 0.526 e. The molecule has 0 bridgehead atoms. The van der Waals surface area contributed by atoms with E-state index >= 15 is 0 Å². The zero-order chi connectivity index (χ0) is 18.0. The van der Waals surface area contributed by atoms with Crippen molar-refractivity contribution in [3.8, 4) is 5.75 Å². The zero-order valence-corrected chi connectivity index (χ0v) is 13.4. The minimum atomic E-state index is -1.09. The number of ether oxygens (including phenoxy) is 4. The van der Waals surface area contributed by atoms with E-state index in [9.17, 15) is 19.0 Å². The first-order valence-electron chi connectivity index (χ1n) is 7.65. The number of benzene rings is 1. The van der Waals surface area contributed by atoms with Crippen LogP contribution < -0.4 is 4.65 Å². The molecule has 0 amide bonds. The van der Waals surface area contributed by atoms with Gasteiger partial charge < -0.3 is 28.6 Å². The van der Waals surface area contributed by atoms with E-state index in [1.54, 1.807) is 0 Å². The Morgan fingerprint density at radius 3 is 2.88 bits per heavy atom. The topological polar surface area (TPSA) is 101 Å². The van der Waals surface area contributed by atoms with Crippen molar-refractivity contribution in [3.05, 3.63) is 29.1 Å². The first-order valence-corrected chi connectivity index (χ1v) is 7.65. The van der Waals surface area contributed by atoms with Gasteiger partial charge in [-0.2, -0.15) is 0 Å². The van der Waals surface area contributed by atoms with Gasteiger partial charge in [0.15, 0.2) is 0 Å². The first kappa shape index (κ1) is 17.5. The van der Waals surface area contributed by atoms with Gasteiger partial charge in [0, 0.05) is 12.9 Å². The molecule has 1 N–H and O–H groups in total. The van der Waals surface area contributed by atoms with Gasteiger partial charge >= 0.3 is 19.2 Å². The summed E-state index contributed by atoms with van der Waals surface area (Å²) in [6.07, 6.45) is -0.335. The van der Waals surface area contributed by atoms with Gasteiger partial charge in [-0.3, -0.25) is 0 Å². The van der Waals surface area contributed by atoms with E-state index in [1.165, 1.54) is 13.2 Å². The Hall–Kier alpha value is -2.33. The lowest BCUT2D eigenvalue weighted by Gasteiger charge is -2.21. The zero-order valence-electron chi connectivity index (χ0n) is 13.4. The van der Waals surface area contributed by atoms with Crippen molar-refractivity contribution >= 4 is 19.2 Å². The molecule has 1 fully saturated rings. The van der Waals surface area contributed by atoms with Crippen LogP contribution in [0.4, 0.5) is 9.18 Å². The van der Waals surface area contributed by atoms with E-state index in [0.29, 0.717) is 12.0 Å². The van der Waals surface area contributed by atoms with Gasteiger partial charge in [-0.1, -0.05) is 6.07 Å². The summed E-state index contributed by atoms with van der Waals surface area (Å²) in [6.45, 7) is -0.571. The van der Waals surface area contributed by atoms with Gasteiger partial charge in [-0.25, -0.2) is 14.0 Å². The number of carbonyl (C=O) groups excluding carboxylic acids is 2. The molecule has 2 aliphatic rings. The third-order valence-corrected chi connectivity index (χ3v) is 4.06. The fraction of sp³-hybridized carbons (Fsp3) is 0.467. The molecular formula is C15H16BFO8. The van der Waals surface area contributed by atoms with E-state index in [4.69, 9.17) is 9.39 Å². The number of hydrogen-bond donors (Lipinski definition) is 1. The van der Waals surface area contributed by atoms with Crippen LogP contribution in [0.1, 0.15) is 28.3 Å². The quantitative estimate of drug-likeness (QED) is 0.355. The third-order valence-electron chi connectivity index (χ3n) is 4.06. The number of halogens is 1. The summed E-state index contributed by atoms with van der Waals surface area (Å²) in [6, 6.07) is 2.67. The van der Waals surface area contributed by atoms with E-state index in [2.05, 4.69) is 14.2 Å². The number of carbonyl (C=O) groups is 2. The van der Waals surface area contributed by atoms with Crippen molar-refractivity contribution in [1.82, 2.24) is 0 Å². The van der Waals surface area contributed by atoms with Crippen LogP contribution >= 0.6 is 0 Å². The molecular weight excluding hydrogens is 338 g/mol. The second-order valence-corrected chi connectivity index (χ2v) is 5.64. The molecule has 8 nitrogen and oxygen atoms in total. The van der Waals surface area contributed by atoms with Crippen molar-refractivity contribution < 1.29 is 42.6 Å². The molecule has 1 aliphatic heterocycles. The van der Waals surface area contributed by atoms with Crippen LogP contribution in [-0.2, 0) is 18.9 Å². The van der Waals surface area contributed by atoms with E-state index in [1.807, 2.05) is 0 Å². The van der Waals surface area contributed by atoms with Crippen molar-refractivity contribution in [2.75, 3.05) is 27.1 Å². The van der Waals surface area contributed by atoms with Crippen molar-refractivity contribution in [3.63, 3.8) is 0 Å². The molecule has 1 aromatic rings. The average Bonchev–Trinajstić information content (AvgIpc) is 3.36. The van der Waals surface area contributed by atoms with Gasteiger partial charge in [0.25, 0.3) is 0 Å². The van der Waals surface area contributed by atoms with Crippen LogP contribution in [0, 0.1) is 5.82 Å². The molecule has 134 valence electrons. The minimum absolute atomic E-state index is 0.0155. The lowest BCUT2D eigenvalue weighted by atomic mass is 9.77. The summed E-state index contributed by atoms with van der Waals surface area (Å²) in [7, 11) is 0.354. The highest BCUT2D eigenvalue weighted by Gasteiger charge is 2.54. The van der Waals surface area contributed by atoms with Crippen molar-refractivity contribution in [1.29, 1.82) is 0 Å². The Balaban J connectivity index is 1.61. The Bertz CT molecular complexity index is 682. The van der Waals surface area contributed by atoms with Crippen molar-refractivity contribution in [2.24, 2.45) is 0 Å². The molecule has 0 radical (unpaired) electrons. The van der Waals surface area contributed by atoms with Crippen LogP contribution in [0.25, 0.3) is 0 Å². The second kappa shape index (κ2) is 7.28. The standard InChI is InChI=1S/C15H16BFO8/c1-21-4-5-22-15(19)24-7-23-14(18)12-11(17)3-2-8-9-6-10(9)16(20)25-13(8)12/h2-3,9-10,20H,4-7H2,1H3/t9-,10-/m1/s1. The molecule has 0 aromatic heterocycles. The van der Waals surface area contributed by atoms with Crippen LogP contribution in [-0.4, -0.2) is 51.4 Å². The van der Waals surface area contributed by atoms with Gasteiger partial charge in [0.1, 0.15) is 23.7 Å². The lowest BCUT2D eigenvalue weighted by Crippen LogP contribution is -2.28. The number of hydrogen-bond acceptors (Lipinski definition) is 8. The smallest absolute Gasteiger partial charge is 0.526 e. The van der Waals surface area contributed by atoms with E-state index in [-0.39, 0.29) is 30.7 Å². The van der Waals surface area contributed by atoms with Crippen LogP contribution in [0.5, 0.6) is 5.75 Å². The maximum atomic E-state index is 14.1. The summed E-state index contributed by atoms with van der Waals surface area (Å²) in [5, 5.41) is 9.82. The summed E-state index contributed by atoms with van der Waals surface area (Å²) < 4.78 is 37.9. The number of fused-ring (bicyclic) bond motifs is 3. The fourth-order valence-electron chi connectivity index (χ4n) is 2.73. The highest BCUT2D eigenvalue weighted by atomic mass is 19.1. The highest BCUT2D eigenvalue weighted by molar-refractivity contribution is 6.48. The number of rotatable bonds is 6. The highest BCUT2D eigenvalue weighted by Crippen LogP contribution is 2.60. The number of esters is 1. The monoisotopic (exact) mass is 354 g/mol. The van der Waals surface area contributed by atoms with Crippen molar-refractivity contribution in [2.45, 2.75) is 18.2 Å². The Labute approximate surface area is 142 Å². The van der Waals surface area contributed by atoms with Gasteiger partial charge in [-0.05, 0) is 24.0 Å². The van der Waals surface area contributed by atoms with Gasteiger partial charge in [0.05, 0.1) is 6.61 Å². The molecule has 1 aliphatic carbocycles. The summed E-state index contributed by atoms with van der Waals surface area (Å²) in [5.41, 5.74) is 0.224. The predicted molar refractivity (Wildman–Crippen MR) is 80.7 cm³/mol. The number of methoxy groups -OCH3 is 1. The minimum Gasteiger partial charge on any atom is -0.535 e. The first-order chi connectivity index (χ1) is 12.0. The maximum absolute atomic E-state index is 14.1. The van der Waals surface area contributed by atoms with Gasteiger partial charge in [0.2, 0.25) is 6.79 Å². The molecule has 0 saturated heterocycles. The molecule has 25 heavy (non-hydrogen) atoms. The summed E-state index contributed by atoms with van der Waals surface area (Å²) >= 11 is 0. The summed E-state index contributed by atoms with van der Waals surface area (Å²) in [4.78, 5) is 23.3. The summed E-state index contributed by atoms with van der Waals surface area (Å²) in [5.74, 6) is -1.94. The fourth-order valence-corrected chi connectivity index (χ4v) is 2.73. The Morgan fingerprint density at radius 1 is 1.32 bits per heavy atom. The second-order valence-electron chi connectivity index (χ2n) is 5.64. The molecule has 3 rings (SSSR count). The normalized spacial score (nSPS) is 20.0. The van der Waals surface area contributed by atoms with Crippen LogP contribution in [0.3, 0.4) is 0 Å². The van der Waals surface area contributed by atoms with Crippen LogP contribution in [0.15, 0.2) is 12.1 Å². The predicted octanol–water partition coefficient (Wildman–Crippen LogP) is 1.47. The SMILES string of the molecule is COCCOC(=O)OCOC(=O)c1c(F)ccc2c1OB(O)[C@@H]1C[C@H]21. The van der Waals surface area contributed by atoms with E-state index in [0.717, 1.165) is 6.07 Å². The molecule has 1 aromatic carbocycles. The molecule has 0 unspecified atom stereocenters.